The minimum absolute atomic E-state index is 0.102. The summed E-state index contributed by atoms with van der Waals surface area (Å²) in [6.07, 6.45) is 0.860. The fraction of sp³-hybridized carbons (Fsp3) is 0.267. The summed E-state index contributed by atoms with van der Waals surface area (Å²) in [6.45, 7) is 1.24. The number of nitrogens with zero attached hydrogens (tertiary/aromatic N) is 1. The van der Waals surface area contributed by atoms with Gasteiger partial charge in [-0.2, -0.15) is 0 Å². The van der Waals surface area contributed by atoms with Crippen LogP contribution >= 0.6 is 34.5 Å². The molecule has 110 valence electrons. The molecule has 2 N–H and O–H groups in total. The molecular formula is C15H14Cl2N2OS. The van der Waals surface area contributed by atoms with E-state index in [1.807, 2.05) is 18.2 Å². The highest BCUT2D eigenvalue weighted by Gasteiger charge is 2.33. The van der Waals surface area contributed by atoms with Crippen molar-refractivity contribution in [1.82, 2.24) is 0 Å². The van der Waals surface area contributed by atoms with Crippen LogP contribution in [-0.2, 0) is 0 Å². The summed E-state index contributed by atoms with van der Waals surface area (Å²) in [5.74, 6) is 0.179. The Bertz CT molecular complexity index is 686. The second-order valence-corrected chi connectivity index (χ2v) is 7.27. The molecule has 1 aliphatic rings. The third-order valence-electron chi connectivity index (χ3n) is 3.72. The quantitative estimate of drug-likeness (QED) is 0.912. The topological polar surface area (TPSA) is 46.3 Å². The average Bonchev–Trinajstić information content (AvgIpc) is 3.00. The number of anilines is 1. The van der Waals surface area contributed by atoms with Crippen LogP contribution in [0.4, 0.5) is 5.69 Å². The second kappa shape index (κ2) is 5.97. The Hall–Kier alpha value is -1.07. The molecule has 0 fully saturated rings. The van der Waals surface area contributed by atoms with Crippen LogP contribution in [0.1, 0.15) is 28.3 Å². The predicted molar refractivity (Wildman–Crippen MR) is 88.9 cm³/mol. The number of amides is 1. The van der Waals surface area contributed by atoms with Crippen molar-refractivity contribution in [2.75, 3.05) is 18.0 Å². The zero-order chi connectivity index (χ0) is 15.0. The first-order valence-electron chi connectivity index (χ1n) is 6.67. The van der Waals surface area contributed by atoms with Crippen LogP contribution in [0, 0.1) is 0 Å². The number of thiophene rings is 1. The minimum atomic E-state index is -0.102. The van der Waals surface area contributed by atoms with Crippen molar-refractivity contribution in [3.05, 3.63) is 50.1 Å². The van der Waals surface area contributed by atoms with Gasteiger partial charge >= 0.3 is 0 Å². The Morgan fingerprint density at radius 2 is 2.14 bits per heavy atom. The van der Waals surface area contributed by atoms with E-state index >= 15 is 0 Å². The fourth-order valence-electron chi connectivity index (χ4n) is 2.77. The molecule has 3 nitrogen and oxygen atoms in total. The predicted octanol–water partition coefficient (Wildman–Crippen LogP) is 4.15. The summed E-state index contributed by atoms with van der Waals surface area (Å²) in [7, 11) is 0. The van der Waals surface area contributed by atoms with E-state index in [0.29, 0.717) is 27.3 Å². The van der Waals surface area contributed by atoms with E-state index in [1.54, 1.807) is 11.0 Å². The third kappa shape index (κ3) is 2.69. The number of para-hydroxylation sites is 1. The molecule has 1 aromatic heterocycles. The van der Waals surface area contributed by atoms with Gasteiger partial charge in [-0.1, -0.05) is 41.4 Å². The maximum absolute atomic E-state index is 12.8. The Morgan fingerprint density at radius 1 is 1.38 bits per heavy atom. The highest BCUT2D eigenvalue weighted by atomic mass is 35.5. The van der Waals surface area contributed by atoms with Crippen LogP contribution < -0.4 is 10.6 Å². The van der Waals surface area contributed by atoms with Crippen LogP contribution in [0.15, 0.2) is 30.3 Å². The molecule has 0 aliphatic carbocycles. The van der Waals surface area contributed by atoms with Gasteiger partial charge < -0.3 is 10.6 Å². The molecule has 0 spiro atoms. The normalized spacial score (nSPS) is 17.1. The molecule has 21 heavy (non-hydrogen) atoms. The number of hydrogen-bond donors (Lipinski definition) is 1. The van der Waals surface area contributed by atoms with Gasteiger partial charge in [-0.25, -0.2) is 0 Å². The first-order chi connectivity index (χ1) is 10.1. The van der Waals surface area contributed by atoms with Crippen LogP contribution in [-0.4, -0.2) is 19.0 Å². The van der Waals surface area contributed by atoms with E-state index in [4.69, 9.17) is 28.9 Å². The Labute approximate surface area is 137 Å². The largest absolute Gasteiger partial charge is 0.330 e. The summed E-state index contributed by atoms with van der Waals surface area (Å²) in [5.41, 5.74) is 8.27. The zero-order valence-corrected chi connectivity index (χ0v) is 13.5. The number of hydrogen-bond acceptors (Lipinski definition) is 3. The van der Waals surface area contributed by atoms with Gasteiger partial charge in [0.2, 0.25) is 0 Å². The molecule has 1 aliphatic heterocycles. The van der Waals surface area contributed by atoms with Gasteiger partial charge in [0.1, 0.15) is 4.34 Å². The fourth-order valence-corrected chi connectivity index (χ4v) is 4.22. The third-order valence-corrected chi connectivity index (χ3v) is 5.21. The lowest BCUT2D eigenvalue weighted by molar-refractivity contribution is 0.0988. The van der Waals surface area contributed by atoms with E-state index in [9.17, 15) is 4.79 Å². The lowest BCUT2D eigenvalue weighted by Crippen LogP contribution is -2.30. The summed E-state index contributed by atoms with van der Waals surface area (Å²) in [5, 5.41) is 0. The number of nitrogens with two attached hydrogens (primary N) is 1. The van der Waals surface area contributed by atoms with Crippen LogP contribution in [0.5, 0.6) is 0 Å². The number of fused-ring (bicyclic) bond motifs is 1. The molecule has 1 amide bonds. The lowest BCUT2D eigenvalue weighted by Gasteiger charge is -2.17. The van der Waals surface area contributed by atoms with Gasteiger partial charge in [0.15, 0.2) is 0 Å². The van der Waals surface area contributed by atoms with Gasteiger partial charge in [0.25, 0.3) is 5.91 Å². The maximum atomic E-state index is 12.8. The molecular weight excluding hydrogens is 327 g/mol. The molecule has 0 bridgehead atoms. The zero-order valence-electron chi connectivity index (χ0n) is 11.2. The first-order valence-corrected chi connectivity index (χ1v) is 8.24. The Kier molecular flexibility index (Phi) is 4.22. The monoisotopic (exact) mass is 340 g/mol. The number of halogens is 2. The second-order valence-electron chi connectivity index (χ2n) is 4.99. The summed E-state index contributed by atoms with van der Waals surface area (Å²) in [6, 6.07) is 9.59. The van der Waals surface area contributed by atoms with Crippen molar-refractivity contribution >= 4 is 46.1 Å². The van der Waals surface area contributed by atoms with E-state index in [-0.39, 0.29) is 11.8 Å². The number of carbonyl (C=O) groups is 1. The van der Waals surface area contributed by atoms with Crippen molar-refractivity contribution < 1.29 is 4.79 Å². The van der Waals surface area contributed by atoms with Crippen LogP contribution in [0.2, 0.25) is 8.67 Å². The van der Waals surface area contributed by atoms with Crippen molar-refractivity contribution in [2.45, 2.75) is 12.3 Å². The van der Waals surface area contributed by atoms with Crippen LogP contribution in [0.25, 0.3) is 0 Å². The highest BCUT2D eigenvalue weighted by molar-refractivity contribution is 7.20. The molecule has 0 saturated heterocycles. The summed E-state index contributed by atoms with van der Waals surface area (Å²) in [4.78, 5) is 14.5. The van der Waals surface area contributed by atoms with Gasteiger partial charge in [-0.15, -0.1) is 11.3 Å². The van der Waals surface area contributed by atoms with Gasteiger partial charge in [-0.05, 0) is 30.7 Å². The first kappa shape index (κ1) is 14.9. The smallest absolute Gasteiger partial charge is 0.260 e. The van der Waals surface area contributed by atoms with E-state index in [0.717, 1.165) is 12.1 Å². The molecule has 3 rings (SSSR count). The number of rotatable bonds is 3. The molecule has 1 atom stereocenters. The van der Waals surface area contributed by atoms with Crippen molar-refractivity contribution in [3.63, 3.8) is 0 Å². The van der Waals surface area contributed by atoms with Crippen LogP contribution in [0.3, 0.4) is 0 Å². The van der Waals surface area contributed by atoms with Crippen molar-refractivity contribution in [1.29, 1.82) is 0 Å². The number of benzene rings is 1. The Balaban J connectivity index is 1.96. The average molecular weight is 341 g/mol. The number of carbonyl (C=O) groups excluding carboxylic acids is 1. The molecule has 1 unspecified atom stereocenters. The van der Waals surface area contributed by atoms with Gasteiger partial charge in [-0.3, -0.25) is 4.79 Å². The lowest BCUT2D eigenvalue weighted by atomic mass is 9.98. The minimum Gasteiger partial charge on any atom is -0.330 e. The van der Waals surface area contributed by atoms with E-state index < -0.39 is 0 Å². The highest BCUT2D eigenvalue weighted by Crippen LogP contribution is 2.40. The summed E-state index contributed by atoms with van der Waals surface area (Å²) >= 11 is 13.3. The molecule has 6 heteroatoms. The molecule has 2 aromatic rings. The SMILES string of the molecule is NCCC1CN(C(=O)c2cc(Cl)sc2Cl)c2ccccc21. The van der Waals surface area contributed by atoms with Gasteiger partial charge in [0.05, 0.1) is 9.90 Å². The molecule has 1 aromatic carbocycles. The standard InChI is InChI=1S/C15H14Cl2N2OS/c16-13-7-11(14(17)21-13)15(20)19-8-9(5-6-18)10-3-1-2-4-12(10)19/h1-4,7,9H,5-6,8,18H2. The maximum Gasteiger partial charge on any atom is 0.260 e. The summed E-state index contributed by atoms with van der Waals surface area (Å²) < 4.78 is 0.957. The molecule has 0 saturated carbocycles. The van der Waals surface area contributed by atoms with Crippen molar-refractivity contribution in [3.8, 4) is 0 Å². The van der Waals surface area contributed by atoms with Gasteiger partial charge in [0, 0.05) is 18.2 Å². The molecule has 0 radical (unpaired) electrons. The van der Waals surface area contributed by atoms with E-state index in [2.05, 4.69) is 6.07 Å². The Morgan fingerprint density at radius 3 is 2.81 bits per heavy atom. The van der Waals surface area contributed by atoms with E-state index in [1.165, 1.54) is 16.9 Å². The molecule has 2 heterocycles. The van der Waals surface area contributed by atoms with Crippen molar-refractivity contribution in [2.24, 2.45) is 5.73 Å².